The maximum atomic E-state index is 13.6. The van der Waals surface area contributed by atoms with E-state index in [9.17, 15) is 14.7 Å². The fraction of sp³-hybridized carbons (Fsp3) is 0.231. The number of nitrogens with one attached hydrogen (secondary N) is 1. The number of hydrogen-bond donors (Lipinski definition) is 2. The molecule has 4 rings (SSSR count). The number of rotatable bonds is 9. The summed E-state index contributed by atoms with van der Waals surface area (Å²) >= 11 is 0. The van der Waals surface area contributed by atoms with Gasteiger partial charge < -0.3 is 19.9 Å². The van der Waals surface area contributed by atoms with Crippen molar-refractivity contribution in [3.05, 3.63) is 96.1 Å². The third-order valence-corrected chi connectivity index (χ3v) is 5.65. The molecule has 0 radical (unpaired) electrons. The number of ether oxygens (including phenoxy) is 2. The van der Waals surface area contributed by atoms with Crippen LogP contribution in [0.1, 0.15) is 11.1 Å². The van der Waals surface area contributed by atoms with E-state index in [1.807, 2.05) is 60.7 Å². The summed E-state index contributed by atoms with van der Waals surface area (Å²) in [7, 11) is 1.57. The first-order chi connectivity index (χ1) is 16.0. The predicted octanol–water partition coefficient (Wildman–Crippen LogP) is 3.12. The van der Waals surface area contributed by atoms with E-state index in [-0.39, 0.29) is 13.2 Å². The van der Waals surface area contributed by atoms with Gasteiger partial charge in [0.15, 0.2) is 5.54 Å². The topological polar surface area (TPSA) is 88.1 Å². The summed E-state index contributed by atoms with van der Waals surface area (Å²) in [4.78, 5) is 27.5. The van der Waals surface area contributed by atoms with Gasteiger partial charge in [-0.15, -0.1) is 0 Å². The van der Waals surface area contributed by atoms with E-state index >= 15 is 0 Å². The highest BCUT2D eigenvalue weighted by atomic mass is 16.5. The molecule has 3 aromatic carbocycles. The lowest BCUT2D eigenvalue weighted by atomic mass is 9.83. The van der Waals surface area contributed by atoms with E-state index in [1.165, 1.54) is 0 Å². The number of aliphatic hydroxyl groups excluding tert-OH is 1. The lowest BCUT2D eigenvalue weighted by Crippen LogP contribution is -2.46. The highest BCUT2D eigenvalue weighted by Gasteiger charge is 2.52. The van der Waals surface area contributed by atoms with Gasteiger partial charge in [0, 0.05) is 6.42 Å². The Kier molecular flexibility index (Phi) is 6.60. The van der Waals surface area contributed by atoms with Crippen LogP contribution in [0.25, 0.3) is 0 Å². The van der Waals surface area contributed by atoms with Crippen LogP contribution in [0.15, 0.2) is 84.9 Å². The highest BCUT2D eigenvalue weighted by molar-refractivity contribution is 6.07. The molecule has 0 saturated carbocycles. The number of benzene rings is 3. The van der Waals surface area contributed by atoms with Crippen molar-refractivity contribution in [2.24, 2.45) is 0 Å². The molecule has 1 fully saturated rings. The maximum absolute atomic E-state index is 13.6. The highest BCUT2D eigenvalue weighted by Crippen LogP contribution is 2.33. The van der Waals surface area contributed by atoms with Crippen LogP contribution in [0.4, 0.5) is 4.79 Å². The van der Waals surface area contributed by atoms with Gasteiger partial charge >= 0.3 is 6.03 Å². The Labute approximate surface area is 192 Å². The van der Waals surface area contributed by atoms with Gasteiger partial charge in [0.1, 0.15) is 24.2 Å². The molecule has 1 heterocycles. The molecule has 33 heavy (non-hydrogen) atoms. The lowest BCUT2D eigenvalue weighted by Gasteiger charge is -2.28. The standard InChI is InChI=1S/C26H26N2O5/c1-32-22-12-14-23(15-13-22)33-18-21(29)17-28-24(30)26(27-25(28)31,20-10-6-3-7-11-20)16-19-8-4-2-5-9-19/h2-15,21,29H,16-18H2,1H3,(H,27,31). The molecule has 170 valence electrons. The third kappa shape index (κ3) is 4.83. The minimum absolute atomic E-state index is 0.0690. The molecular weight excluding hydrogens is 420 g/mol. The normalized spacial score (nSPS) is 18.7. The van der Waals surface area contributed by atoms with Crippen molar-refractivity contribution in [1.82, 2.24) is 10.2 Å². The Bertz CT molecular complexity index is 1090. The zero-order valence-corrected chi connectivity index (χ0v) is 18.3. The molecule has 7 heteroatoms. The van der Waals surface area contributed by atoms with Crippen LogP contribution in [0.2, 0.25) is 0 Å². The monoisotopic (exact) mass is 446 g/mol. The molecule has 0 aromatic heterocycles. The number of β-amino-alcohol motifs (C(OH)–C–C–N with tert-alkyl or cyclic N) is 1. The average Bonchev–Trinajstić information content (AvgIpc) is 3.09. The zero-order chi connectivity index (χ0) is 23.3. The summed E-state index contributed by atoms with van der Waals surface area (Å²) in [6, 6.07) is 25.1. The van der Waals surface area contributed by atoms with Crippen molar-refractivity contribution in [3.63, 3.8) is 0 Å². The quantitative estimate of drug-likeness (QED) is 0.493. The fourth-order valence-corrected chi connectivity index (χ4v) is 3.96. The van der Waals surface area contributed by atoms with Crippen LogP contribution in [-0.2, 0) is 16.8 Å². The molecule has 1 aliphatic heterocycles. The second kappa shape index (κ2) is 9.75. The summed E-state index contributed by atoms with van der Waals surface area (Å²) in [6.45, 7) is -0.245. The van der Waals surface area contributed by atoms with E-state index in [0.29, 0.717) is 23.5 Å². The van der Waals surface area contributed by atoms with E-state index in [0.717, 1.165) is 10.5 Å². The van der Waals surface area contributed by atoms with Crippen molar-refractivity contribution in [1.29, 1.82) is 0 Å². The van der Waals surface area contributed by atoms with Crippen molar-refractivity contribution in [3.8, 4) is 11.5 Å². The third-order valence-electron chi connectivity index (χ3n) is 5.65. The van der Waals surface area contributed by atoms with Gasteiger partial charge in [0.05, 0.1) is 13.7 Å². The number of hydrogen-bond acceptors (Lipinski definition) is 5. The molecule has 3 amide bonds. The number of imide groups is 1. The number of carbonyl (C=O) groups excluding carboxylic acids is 2. The number of nitrogens with zero attached hydrogens (tertiary/aromatic N) is 1. The molecule has 0 bridgehead atoms. The van der Waals surface area contributed by atoms with Crippen molar-refractivity contribution in [2.75, 3.05) is 20.3 Å². The van der Waals surface area contributed by atoms with E-state index in [1.54, 1.807) is 31.4 Å². The second-order valence-electron chi connectivity index (χ2n) is 7.92. The lowest BCUT2D eigenvalue weighted by molar-refractivity contribution is -0.132. The molecule has 0 aliphatic carbocycles. The minimum atomic E-state index is -1.24. The molecule has 3 aromatic rings. The Balaban J connectivity index is 1.49. The Morgan fingerprint density at radius 3 is 2.15 bits per heavy atom. The molecule has 2 atom stereocenters. The molecule has 1 saturated heterocycles. The summed E-state index contributed by atoms with van der Waals surface area (Å²) < 4.78 is 10.7. The Hall–Kier alpha value is -3.84. The van der Waals surface area contributed by atoms with Crippen molar-refractivity contribution in [2.45, 2.75) is 18.1 Å². The van der Waals surface area contributed by atoms with E-state index in [4.69, 9.17) is 9.47 Å². The Morgan fingerprint density at radius 1 is 0.909 bits per heavy atom. The first-order valence-corrected chi connectivity index (χ1v) is 10.7. The van der Waals surface area contributed by atoms with Gasteiger partial charge in [-0.3, -0.25) is 9.69 Å². The smallest absolute Gasteiger partial charge is 0.325 e. The Morgan fingerprint density at radius 2 is 1.52 bits per heavy atom. The van der Waals surface area contributed by atoms with E-state index < -0.39 is 23.6 Å². The first kappa shape index (κ1) is 22.4. The molecule has 7 nitrogen and oxygen atoms in total. The first-order valence-electron chi connectivity index (χ1n) is 10.7. The summed E-state index contributed by atoms with van der Waals surface area (Å²) in [5.74, 6) is 0.846. The van der Waals surface area contributed by atoms with Gasteiger partial charge in [-0.05, 0) is 35.4 Å². The predicted molar refractivity (Wildman–Crippen MR) is 123 cm³/mol. The summed E-state index contributed by atoms with van der Waals surface area (Å²) in [5, 5.41) is 13.4. The molecule has 2 unspecified atom stereocenters. The van der Waals surface area contributed by atoms with Crippen LogP contribution in [0.5, 0.6) is 11.5 Å². The summed E-state index contributed by atoms with van der Waals surface area (Å²) in [6.07, 6.45) is -0.748. The number of urea groups is 1. The molecule has 2 N–H and O–H groups in total. The van der Waals surface area contributed by atoms with Crippen LogP contribution >= 0.6 is 0 Å². The van der Waals surface area contributed by atoms with Gasteiger partial charge in [-0.1, -0.05) is 60.7 Å². The van der Waals surface area contributed by atoms with Gasteiger partial charge in [-0.2, -0.15) is 0 Å². The van der Waals surface area contributed by atoms with Gasteiger partial charge in [-0.25, -0.2) is 4.79 Å². The maximum Gasteiger partial charge on any atom is 0.325 e. The van der Waals surface area contributed by atoms with Gasteiger partial charge in [0.2, 0.25) is 0 Å². The number of carbonyl (C=O) groups is 2. The molecular formula is C26H26N2O5. The molecule has 0 spiro atoms. The van der Waals surface area contributed by atoms with Crippen LogP contribution in [-0.4, -0.2) is 48.3 Å². The van der Waals surface area contributed by atoms with Crippen LogP contribution in [0, 0.1) is 0 Å². The largest absolute Gasteiger partial charge is 0.497 e. The van der Waals surface area contributed by atoms with Crippen LogP contribution in [0.3, 0.4) is 0 Å². The number of aliphatic hydroxyl groups is 1. The number of amides is 3. The molecule has 1 aliphatic rings. The van der Waals surface area contributed by atoms with Crippen molar-refractivity contribution >= 4 is 11.9 Å². The van der Waals surface area contributed by atoms with E-state index in [2.05, 4.69) is 5.32 Å². The fourth-order valence-electron chi connectivity index (χ4n) is 3.96. The minimum Gasteiger partial charge on any atom is -0.497 e. The SMILES string of the molecule is COc1ccc(OCC(O)CN2C(=O)NC(Cc3ccccc3)(c3ccccc3)C2=O)cc1. The average molecular weight is 447 g/mol. The second-order valence-corrected chi connectivity index (χ2v) is 7.92. The number of methoxy groups -OCH3 is 1. The van der Waals surface area contributed by atoms with Gasteiger partial charge in [0.25, 0.3) is 5.91 Å². The van der Waals surface area contributed by atoms with Crippen molar-refractivity contribution < 1.29 is 24.2 Å². The zero-order valence-electron chi connectivity index (χ0n) is 18.3. The summed E-state index contributed by atoms with van der Waals surface area (Å²) in [5.41, 5.74) is 0.370. The van der Waals surface area contributed by atoms with Crippen LogP contribution < -0.4 is 14.8 Å².